The standard InChI is InChI=1S/C16H11FO3/c17-12-8-4-7-11-14(12)13(18)9-16(11,15(19)20)10-5-2-1-3-6-10/h1-8H,9H2,(H,19,20)/p-1/t16-/m0/s1. The Morgan fingerprint density at radius 2 is 1.80 bits per heavy atom. The lowest BCUT2D eigenvalue weighted by atomic mass is 9.75. The molecule has 1 atom stereocenters. The fourth-order valence-electron chi connectivity index (χ4n) is 2.87. The topological polar surface area (TPSA) is 57.2 Å². The number of halogens is 1. The molecule has 3 rings (SSSR count). The van der Waals surface area contributed by atoms with E-state index in [0.29, 0.717) is 5.56 Å². The Labute approximate surface area is 114 Å². The van der Waals surface area contributed by atoms with Crippen LogP contribution in [0, 0.1) is 5.82 Å². The molecule has 0 saturated carbocycles. The van der Waals surface area contributed by atoms with Crippen LogP contribution in [-0.4, -0.2) is 11.8 Å². The van der Waals surface area contributed by atoms with Crippen molar-refractivity contribution in [2.75, 3.05) is 0 Å². The molecule has 100 valence electrons. The van der Waals surface area contributed by atoms with Crippen molar-refractivity contribution in [3.8, 4) is 0 Å². The van der Waals surface area contributed by atoms with Crippen LogP contribution in [0.15, 0.2) is 48.5 Å². The smallest absolute Gasteiger partial charge is 0.167 e. The van der Waals surface area contributed by atoms with Gasteiger partial charge >= 0.3 is 0 Å². The maximum absolute atomic E-state index is 13.8. The first-order chi connectivity index (χ1) is 9.57. The lowest BCUT2D eigenvalue weighted by Gasteiger charge is -2.31. The number of benzene rings is 2. The minimum absolute atomic E-state index is 0.138. The van der Waals surface area contributed by atoms with Crippen molar-refractivity contribution in [1.29, 1.82) is 0 Å². The Morgan fingerprint density at radius 1 is 1.10 bits per heavy atom. The van der Waals surface area contributed by atoms with Crippen LogP contribution in [0.5, 0.6) is 0 Å². The second kappa shape index (κ2) is 4.27. The summed E-state index contributed by atoms with van der Waals surface area (Å²) in [6.07, 6.45) is -0.310. The van der Waals surface area contributed by atoms with Crippen molar-refractivity contribution < 1.29 is 19.1 Å². The molecule has 0 aliphatic heterocycles. The number of carbonyl (C=O) groups is 2. The highest BCUT2D eigenvalue weighted by atomic mass is 19.1. The number of rotatable bonds is 2. The van der Waals surface area contributed by atoms with Crippen molar-refractivity contribution in [3.05, 3.63) is 71.0 Å². The summed E-state index contributed by atoms with van der Waals surface area (Å²) in [6.45, 7) is 0. The van der Waals surface area contributed by atoms with Gasteiger partial charge in [0.25, 0.3) is 0 Å². The van der Waals surface area contributed by atoms with Crippen LogP contribution in [-0.2, 0) is 10.2 Å². The summed E-state index contributed by atoms with van der Waals surface area (Å²) in [4.78, 5) is 23.8. The summed E-state index contributed by atoms with van der Waals surface area (Å²) in [5.41, 5.74) is -1.14. The fourth-order valence-corrected chi connectivity index (χ4v) is 2.87. The molecule has 0 aromatic heterocycles. The van der Waals surface area contributed by atoms with E-state index in [-0.39, 0.29) is 17.5 Å². The highest BCUT2D eigenvalue weighted by Gasteiger charge is 2.47. The zero-order valence-corrected chi connectivity index (χ0v) is 10.4. The average molecular weight is 269 g/mol. The van der Waals surface area contributed by atoms with Gasteiger partial charge in [-0.1, -0.05) is 42.5 Å². The summed E-state index contributed by atoms with van der Waals surface area (Å²) >= 11 is 0. The van der Waals surface area contributed by atoms with Crippen molar-refractivity contribution in [3.63, 3.8) is 0 Å². The molecule has 0 heterocycles. The van der Waals surface area contributed by atoms with Crippen molar-refractivity contribution >= 4 is 11.8 Å². The molecule has 0 bridgehead atoms. The van der Waals surface area contributed by atoms with Crippen molar-refractivity contribution in [1.82, 2.24) is 0 Å². The zero-order valence-electron chi connectivity index (χ0n) is 10.4. The van der Waals surface area contributed by atoms with Gasteiger partial charge in [-0.05, 0) is 17.2 Å². The van der Waals surface area contributed by atoms with Gasteiger partial charge in [0.05, 0.1) is 16.9 Å². The van der Waals surface area contributed by atoms with Gasteiger partial charge < -0.3 is 9.90 Å². The Balaban J connectivity index is 2.35. The molecule has 0 unspecified atom stereocenters. The predicted octanol–water partition coefficient (Wildman–Crippen LogP) is 1.45. The number of hydrogen-bond acceptors (Lipinski definition) is 3. The summed E-state index contributed by atoms with van der Waals surface area (Å²) in [6, 6.07) is 12.4. The second-order valence-electron chi connectivity index (χ2n) is 4.82. The quantitative estimate of drug-likeness (QED) is 0.829. The van der Waals surface area contributed by atoms with Crippen LogP contribution in [0.1, 0.15) is 27.9 Å². The Kier molecular flexibility index (Phi) is 2.67. The van der Waals surface area contributed by atoms with Gasteiger partial charge in [-0.15, -0.1) is 0 Å². The minimum atomic E-state index is -1.60. The van der Waals surface area contributed by atoms with Gasteiger partial charge in [-0.3, -0.25) is 4.79 Å². The molecule has 0 amide bonds. The molecule has 4 heteroatoms. The van der Waals surface area contributed by atoms with E-state index in [1.54, 1.807) is 30.3 Å². The van der Waals surface area contributed by atoms with Gasteiger partial charge in [-0.25, -0.2) is 4.39 Å². The molecule has 0 radical (unpaired) electrons. The van der Waals surface area contributed by atoms with Crippen LogP contribution in [0.2, 0.25) is 0 Å². The van der Waals surface area contributed by atoms with Gasteiger partial charge in [0.1, 0.15) is 5.82 Å². The summed E-state index contributed by atoms with van der Waals surface area (Å²) in [7, 11) is 0. The largest absolute Gasteiger partial charge is 0.549 e. The molecule has 2 aromatic rings. The molecule has 1 aliphatic rings. The van der Waals surface area contributed by atoms with Crippen LogP contribution in [0.25, 0.3) is 0 Å². The molecule has 0 fully saturated rings. The lowest BCUT2D eigenvalue weighted by Crippen LogP contribution is -2.45. The van der Waals surface area contributed by atoms with Gasteiger partial charge in [0.2, 0.25) is 0 Å². The van der Waals surface area contributed by atoms with E-state index in [2.05, 4.69) is 0 Å². The van der Waals surface area contributed by atoms with E-state index in [4.69, 9.17) is 0 Å². The number of carboxylic acid groups (broad SMARTS) is 1. The van der Waals surface area contributed by atoms with E-state index in [1.807, 2.05) is 0 Å². The third-order valence-electron chi connectivity index (χ3n) is 3.79. The molecule has 1 aliphatic carbocycles. The van der Waals surface area contributed by atoms with E-state index < -0.39 is 23.0 Å². The first kappa shape index (κ1) is 12.5. The Hall–Kier alpha value is -2.49. The van der Waals surface area contributed by atoms with Crippen LogP contribution in [0.4, 0.5) is 4.39 Å². The first-order valence-electron chi connectivity index (χ1n) is 6.16. The molecular weight excluding hydrogens is 259 g/mol. The number of carbonyl (C=O) groups excluding carboxylic acids is 2. The van der Waals surface area contributed by atoms with E-state index in [1.165, 1.54) is 12.1 Å². The van der Waals surface area contributed by atoms with Crippen LogP contribution in [0.3, 0.4) is 0 Å². The minimum Gasteiger partial charge on any atom is -0.549 e. The maximum atomic E-state index is 13.8. The Morgan fingerprint density at radius 3 is 2.45 bits per heavy atom. The molecule has 2 aromatic carbocycles. The fraction of sp³-hybridized carbons (Fsp3) is 0.125. The second-order valence-corrected chi connectivity index (χ2v) is 4.82. The highest BCUT2D eigenvalue weighted by Crippen LogP contribution is 2.44. The number of fused-ring (bicyclic) bond motifs is 1. The van der Waals surface area contributed by atoms with Gasteiger partial charge in [0.15, 0.2) is 5.78 Å². The van der Waals surface area contributed by atoms with Crippen molar-refractivity contribution in [2.45, 2.75) is 11.8 Å². The van der Waals surface area contributed by atoms with Crippen molar-refractivity contribution in [2.24, 2.45) is 0 Å². The molecule has 0 spiro atoms. The first-order valence-corrected chi connectivity index (χ1v) is 6.16. The normalized spacial score (nSPS) is 20.8. The molecule has 20 heavy (non-hydrogen) atoms. The van der Waals surface area contributed by atoms with E-state index in [0.717, 1.165) is 6.07 Å². The number of carboxylic acids is 1. The summed E-state index contributed by atoms with van der Waals surface area (Å²) in [5.74, 6) is -2.58. The highest BCUT2D eigenvalue weighted by molar-refractivity contribution is 6.09. The van der Waals surface area contributed by atoms with Gasteiger partial charge in [0, 0.05) is 6.42 Å². The Bertz CT molecular complexity index is 709. The monoisotopic (exact) mass is 269 g/mol. The van der Waals surface area contributed by atoms with E-state index >= 15 is 0 Å². The summed E-state index contributed by atoms with van der Waals surface area (Å²) < 4.78 is 13.8. The predicted molar refractivity (Wildman–Crippen MR) is 67.6 cm³/mol. The average Bonchev–Trinajstić information content (AvgIpc) is 2.75. The molecule has 3 nitrogen and oxygen atoms in total. The van der Waals surface area contributed by atoms with E-state index in [9.17, 15) is 19.1 Å². The third-order valence-corrected chi connectivity index (χ3v) is 3.79. The zero-order chi connectivity index (χ0) is 14.3. The molecule has 0 N–H and O–H groups in total. The van der Waals surface area contributed by atoms with Crippen LogP contribution >= 0.6 is 0 Å². The van der Waals surface area contributed by atoms with Gasteiger partial charge in [-0.2, -0.15) is 0 Å². The summed E-state index contributed by atoms with van der Waals surface area (Å²) in [5, 5.41) is 11.8. The molecule has 0 saturated heterocycles. The number of Topliss-reactive ketones (excluding diaryl/α,β-unsaturated/α-hetero) is 1. The lowest BCUT2D eigenvalue weighted by molar-refractivity contribution is -0.311. The number of hydrogen-bond donors (Lipinski definition) is 0. The van der Waals surface area contributed by atoms with Crippen LogP contribution < -0.4 is 5.11 Å². The number of ketones is 1. The number of aliphatic carboxylic acids is 1. The third kappa shape index (κ3) is 1.51. The maximum Gasteiger partial charge on any atom is 0.167 e. The molecular formula is C16H10FO3-. The SMILES string of the molecule is O=C1C[C@](C(=O)[O-])(c2ccccc2)c2cccc(F)c21.